The summed E-state index contributed by atoms with van der Waals surface area (Å²) < 4.78 is 44.6. The number of hydrogen-bond acceptors (Lipinski definition) is 5. The van der Waals surface area contributed by atoms with Gasteiger partial charge in [-0.05, 0) is 32.3 Å². The van der Waals surface area contributed by atoms with Gasteiger partial charge in [-0.2, -0.15) is 5.26 Å². The molecule has 0 atom stereocenters. The highest BCUT2D eigenvalue weighted by Crippen LogP contribution is 2.14. The molecule has 0 fully saturated rings. The lowest BCUT2D eigenvalue weighted by Crippen LogP contribution is -2.28. The zero-order valence-corrected chi connectivity index (χ0v) is 12.8. The molecule has 0 unspecified atom stereocenters. The minimum Gasteiger partial charge on any atom is -0.379 e. The van der Waals surface area contributed by atoms with Crippen molar-refractivity contribution in [1.82, 2.24) is 9.62 Å². The van der Waals surface area contributed by atoms with E-state index in [1.807, 2.05) is 19.0 Å². The Hall–Kier alpha value is -1.53. The second-order valence-electron chi connectivity index (χ2n) is 4.57. The van der Waals surface area contributed by atoms with E-state index in [0.29, 0.717) is 6.61 Å². The van der Waals surface area contributed by atoms with E-state index in [-0.39, 0.29) is 23.6 Å². The summed E-state index contributed by atoms with van der Waals surface area (Å²) in [5.74, 6) is -0.747. The summed E-state index contributed by atoms with van der Waals surface area (Å²) in [6.45, 7) is 1.59. The predicted molar refractivity (Wildman–Crippen MR) is 75.7 cm³/mol. The Kier molecular flexibility index (Phi) is 6.71. The number of rotatable bonds is 8. The van der Waals surface area contributed by atoms with E-state index in [9.17, 15) is 12.8 Å². The second-order valence-corrected chi connectivity index (χ2v) is 6.33. The fraction of sp³-hybridized carbons (Fsp3) is 0.462. The van der Waals surface area contributed by atoms with Gasteiger partial charge in [0.15, 0.2) is 0 Å². The Morgan fingerprint density at radius 3 is 2.71 bits per heavy atom. The van der Waals surface area contributed by atoms with Crippen LogP contribution in [0.1, 0.15) is 5.56 Å². The van der Waals surface area contributed by atoms with Gasteiger partial charge in [0.25, 0.3) is 0 Å². The van der Waals surface area contributed by atoms with Crippen LogP contribution in [-0.4, -0.2) is 53.7 Å². The molecular formula is C13H18FN3O3S. The summed E-state index contributed by atoms with van der Waals surface area (Å²) in [4.78, 5) is 1.81. The van der Waals surface area contributed by atoms with Crippen LogP contribution in [0.25, 0.3) is 0 Å². The number of ether oxygens (including phenoxy) is 1. The Bertz CT molecular complexity index is 612. The van der Waals surface area contributed by atoms with Crippen molar-refractivity contribution >= 4 is 10.0 Å². The van der Waals surface area contributed by atoms with Crippen LogP contribution in [0.15, 0.2) is 23.1 Å². The van der Waals surface area contributed by atoms with E-state index in [1.54, 1.807) is 6.07 Å². The highest BCUT2D eigenvalue weighted by molar-refractivity contribution is 7.89. The zero-order chi connectivity index (χ0) is 15.9. The number of sulfonamides is 1. The monoisotopic (exact) mass is 315 g/mol. The lowest BCUT2D eigenvalue weighted by molar-refractivity contribution is 0.122. The maximum Gasteiger partial charge on any atom is 0.240 e. The van der Waals surface area contributed by atoms with Crippen molar-refractivity contribution in [3.8, 4) is 6.07 Å². The predicted octanol–water partition coefficient (Wildman–Crippen LogP) is 0.554. The lowest BCUT2D eigenvalue weighted by atomic mass is 10.2. The van der Waals surface area contributed by atoms with Crippen molar-refractivity contribution in [3.63, 3.8) is 0 Å². The normalized spacial score (nSPS) is 11.6. The van der Waals surface area contributed by atoms with Gasteiger partial charge in [0.2, 0.25) is 10.0 Å². The van der Waals surface area contributed by atoms with Gasteiger partial charge in [-0.1, -0.05) is 0 Å². The fourth-order valence-electron chi connectivity index (χ4n) is 1.44. The molecule has 0 aliphatic heterocycles. The van der Waals surface area contributed by atoms with Crippen LogP contribution in [-0.2, 0) is 14.8 Å². The molecule has 0 aliphatic carbocycles. The van der Waals surface area contributed by atoms with E-state index >= 15 is 0 Å². The van der Waals surface area contributed by atoms with E-state index in [0.717, 1.165) is 24.7 Å². The Morgan fingerprint density at radius 2 is 2.10 bits per heavy atom. The number of halogens is 1. The summed E-state index contributed by atoms with van der Waals surface area (Å²) in [6.07, 6.45) is 0. The molecule has 21 heavy (non-hydrogen) atoms. The summed E-state index contributed by atoms with van der Waals surface area (Å²) in [6, 6.07) is 4.69. The van der Waals surface area contributed by atoms with Crippen molar-refractivity contribution < 1.29 is 17.5 Å². The smallest absolute Gasteiger partial charge is 0.240 e. The van der Waals surface area contributed by atoms with Crippen molar-refractivity contribution in [2.24, 2.45) is 0 Å². The first-order valence-corrected chi connectivity index (χ1v) is 7.77. The van der Waals surface area contributed by atoms with Crippen LogP contribution < -0.4 is 4.72 Å². The zero-order valence-electron chi connectivity index (χ0n) is 12.0. The van der Waals surface area contributed by atoms with E-state index in [1.165, 1.54) is 0 Å². The van der Waals surface area contributed by atoms with Crippen LogP contribution in [0.2, 0.25) is 0 Å². The van der Waals surface area contributed by atoms with Gasteiger partial charge in [0.1, 0.15) is 11.9 Å². The standard InChI is InChI=1S/C13H18FN3O3S/c1-17(2)6-8-20-7-5-16-21(18,19)12-3-4-13(14)11(9-12)10-15/h3-4,9,16H,5-8H2,1-2H3. The molecular weight excluding hydrogens is 297 g/mol. The Morgan fingerprint density at radius 1 is 1.38 bits per heavy atom. The van der Waals surface area contributed by atoms with Crippen LogP contribution in [0.5, 0.6) is 0 Å². The molecule has 1 rings (SSSR count). The molecule has 0 aliphatic rings. The highest BCUT2D eigenvalue weighted by atomic mass is 32.2. The molecule has 0 radical (unpaired) electrons. The molecule has 0 aromatic heterocycles. The first kappa shape index (κ1) is 17.5. The highest BCUT2D eigenvalue weighted by Gasteiger charge is 2.15. The number of benzene rings is 1. The van der Waals surface area contributed by atoms with Crippen molar-refractivity contribution in [2.75, 3.05) is 40.4 Å². The lowest BCUT2D eigenvalue weighted by Gasteiger charge is -2.10. The van der Waals surface area contributed by atoms with Crippen LogP contribution in [0.4, 0.5) is 4.39 Å². The van der Waals surface area contributed by atoms with Crippen molar-refractivity contribution in [1.29, 1.82) is 5.26 Å². The molecule has 0 saturated heterocycles. The Balaban J connectivity index is 2.53. The molecule has 0 heterocycles. The number of likely N-dealkylation sites (N-methyl/N-ethyl adjacent to an activating group) is 1. The third kappa shape index (κ3) is 5.77. The molecule has 6 nitrogen and oxygen atoms in total. The summed E-state index contributed by atoms with van der Waals surface area (Å²) in [5, 5.41) is 8.70. The molecule has 0 saturated carbocycles. The second kappa shape index (κ2) is 8.05. The van der Waals surface area contributed by atoms with Crippen LogP contribution in [0.3, 0.4) is 0 Å². The van der Waals surface area contributed by atoms with Gasteiger partial charge in [0, 0.05) is 13.1 Å². The Labute approximate surface area is 124 Å². The maximum atomic E-state index is 13.2. The number of nitrogens with zero attached hydrogens (tertiary/aromatic N) is 2. The van der Waals surface area contributed by atoms with E-state index in [2.05, 4.69) is 4.72 Å². The molecule has 116 valence electrons. The summed E-state index contributed by atoms with van der Waals surface area (Å²) in [7, 11) is 0.0489. The number of nitrogens with one attached hydrogen (secondary N) is 1. The SMILES string of the molecule is CN(C)CCOCCNS(=O)(=O)c1ccc(F)c(C#N)c1. The van der Waals surface area contributed by atoms with Gasteiger partial charge in [-0.15, -0.1) is 0 Å². The van der Waals surface area contributed by atoms with Crippen molar-refractivity contribution in [2.45, 2.75) is 4.90 Å². The first-order valence-electron chi connectivity index (χ1n) is 6.28. The van der Waals surface area contributed by atoms with Gasteiger partial charge >= 0.3 is 0 Å². The topological polar surface area (TPSA) is 82.4 Å². The summed E-state index contributed by atoms with van der Waals surface area (Å²) >= 11 is 0. The molecule has 1 N–H and O–H groups in total. The summed E-state index contributed by atoms with van der Waals surface area (Å²) in [5.41, 5.74) is -0.305. The maximum absolute atomic E-state index is 13.2. The quantitative estimate of drug-likeness (QED) is 0.709. The third-order valence-electron chi connectivity index (χ3n) is 2.59. The van der Waals surface area contributed by atoms with E-state index < -0.39 is 15.8 Å². The molecule has 1 aromatic carbocycles. The van der Waals surface area contributed by atoms with Crippen LogP contribution >= 0.6 is 0 Å². The van der Waals surface area contributed by atoms with Gasteiger partial charge in [-0.25, -0.2) is 17.5 Å². The average Bonchev–Trinajstić information content (AvgIpc) is 2.42. The average molecular weight is 315 g/mol. The van der Waals surface area contributed by atoms with Gasteiger partial charge in [-0.3, -0.25) is 0 Å². The minimum absolute atomic E-state index is 0.106. The van der Waals surface area contributed by atoms with Crippen molar-refractivity contribution in [3.05, 3.63) is 29.6 Å². The van der Waals surface area contributed by atoms with Gasteiger partial charge in [0.05, 0.1) is 23.7 Å². The number of nitriles is 1. The van der Waals surface area contributed by atoms with Crippen LogP contribution in [0, 0.1) is 17.1 Å². The third-order valence-corrected chi connectivity index (χ3v) is 4.05. The van der Waals surface area contributed by atoms with E-state index in [4.69, 9.17) is 10.00 Å². The minimum atomic E-state index is -3.77. The fourth-order valence-corrected chi connectivity index (χ4v) is 2.48. The molecule has 0 spiro atoms. The molecule has 0 amide bonds. The molecule has 1 aromatic rings. The largest absolute Gasteiger partial charge is 0.379 e. The first-order chi connectivity index (χ1) is 9.86. The molecule has 0 bridgehead atoms. The van der Waals surface area contributed by atoms with Gasteiger partial charge < -0.3 is 9.64 Å². The molecule has 8 heteroatoms. The number of hydrogen-bond donors (Lipinski definition) is 1.